The summed E-state index contributed by atoms with van der Waals surface area (Å²) in [5.41, 5.74) is 2.30. The average Bonchev–Trinajstić information content (AvgIpc) is 2.52. The van der Waals surface area contributed by atoms with Gasteiger partial charge in [-0.1, -0.05) is 11.3 Å². The lowest BCUT2D eigenvalue weighted by molar-refractivity contribution is 0.706. The fourth-order valence-corrected chi connectivity index (χ4v) is 1.18. The van der Waals surface area contributed by atoms with E-state index in [1.807, 2.05) is 14.1 Å². The Morgan fingerprint density at radius 1 is 1.69 bits per heavy atom. The Hall–Kier alpha value is -1.16. The van der Waals surface area contributed by atoms with Crippen molar-refractivity contribution in [1.29, 1.82) is 0 Å². The summed E-state index contributed by atoms with van der Waals surface area (Å²) < 4.78 is 1.78. The SMILES string of the molecule is CNCC/C=C(/C)c1cnnn1C. The highest BCUT2D eigenvalue weighted by atomic mass is 15.4. The summed E-state index contributed by atoms with van der Waals surface area (Å²) >= 11 is 0. The highest BCUT2D eigenvalue weighted by molar-refractivity contribution is 5.59. The minimum absolute atomic E-state index is 1.00. The summed E-state index contributed by atoms with van der Waals surface area (Å²) in [6.07, 6.45) is 5.01. The second kappa shape index (κ2) is 4.77. The molecule has 0 aliphatic heterocycles. The first-order valence-corrected chi connectivity index (χ1v) is 4.42. The molecule has 0 bridgehead atoms. The van der Waals surface area contributed by atoms with Gasteiger partial charge in [-0.25, -0.2) is 4.68 Å². The average molecular weight is 180 g/mol. The summed E-state index contributed by atoms with van der Waals surface area (Å²) in [6, 6.07) is 0. The fraction of sp³-hybridized carbons (Fsp3) is 0.556. The molecule has 72 valence electrons. The molecule has 0 aromatic carbocycles. The quantitative estimate of drug-likeness (QED) is 0.698. The Bertz CT molecular complexity index is 288. The maximum atomic E-state index is 3.88. The molecule has 1 heterocycles. The Kier molecular flexibility index (Phi) is 3.64. The van der Waals surface area contributed by atoms with Gasteiger partial charge in [-0.05, 0) is 32.5 Å². The van der Waals surface area contributed by atoms with Gasteiger partial charge < -0.3 is 5.32 Å². The molecule has 4 heteroatoms. The van der Waals surface area contributed by atoms with E-state index in [2.05, 4.69) is 28.6 Å². The zero-order valence-electron chi connectivity index (χ0n) is 8.41. The van der Waals surface area contributed by atoms with Crippen LogP contribution in [-0.2, 0) is 7.05 Å². The van der Waals surface area contributed by atoms with Gasteiger partial charge in [-0.2, -0.15) is 0 Å². The molecule has 0 saturated heterocycles. The van der Waals surface area contributed by atoms with Gasteiger partial charge in [0.2, 0.25) is 0 Å². The molecule has 0 aliphatic carbocycles. The first kappa shape index (κ1) is 9.92. The maximum Gasteiger partial charge on any atom is 0.0835 e. The van der Waals surface area contributed by atoms with Crippen molar-refractivity contribution in [1.82, 2.24) is 20.3 Å². The molecule has 4 nitrogen and oxygen atoms in total. The lowest BCUT2D eigenvalue weighted by atomic mass is 10.2. The summed E-state index contributed by atoms with van der Waals surface area (Å²) in [4.78, 5) is 0. The van der Waals surface area contributed by atoms with Crippen LogP contribution in [0.3, 0.4) is 0 Å². The van der Waals surface area contributed by atoms with Crippen LogP contribution in [-0.4, -0.2) is 28.6 Å². The van der Waals surface area contributed by atoms with Crippen LogP contribution in [0.15, 0.2) is 12.3 Å². The summed E-state index contributed by atoms with van der Waals surface area (Å²) in [6.45, 7) is 3.08. The first-order valence-electron chi connectivity index (χ1n) is 4.42. The van der Waals surface area contributed by atoms with Crippen LogP contribution in [0.1, 0.15) is 19.0 Å². The van der Waals surface area contributed by atoms with Crippen LogP contribution >= 0.6 is 0 Å². The third kappa shape index (κ3) is 2.66. The molecular weight excluding hydrogens is 164 g/mol. The number of nitrogens with zero attached hydrogens (tertiary/aromatic N) is 3. The van der Waals surface area contributed by atoms with Crippen LogP contribution in [0.25, 0.3) is 5.57 Å². The van der Waals surface area contributed by atoms with Gasteiger partial charge in [-0.3, -0.25) is 0 Å². The molecule has 13 heavy (non-hydrogen) atoms. The van der Waals surface area contributed by atoms with Crippen molar-refractivity contribution in [2.75, 3.05) is 13.6 Å². The van der Waals surface area contributed by atoms with Crippen molar-refractivity contribution in [3.05, 3.63) is 18.0 Å². The molecule has 0 atom stereocenters. The fourth-order valence-electron chi connectivity index (χ4n) is 1.18. The van der Waals surface area contributed by atoms with Gasteiger partial charge in [0.15, 0.2) is 0 Å². The van der Waals surface area contributed by atoms with Crippen LogP contribution < -0.4 is 5.32 Å². The van der Waals surface area contributed by atoms with Crippen molar-refractivity contribution in [3.63, 3.8) is 0 Å². The molecule has 0 spiro atoms. The van der Waals surface area contributed by atoms with Crippen molar-refractivity contribution < 1.29 is 0 Å². The van der Waals surface area contributed by atoms with Gasteiger partial charge >= 0.3 is 0 Å². The van der Waals surface area contributed by atoms with E-state index >= 15 is 0 Å². The van der Waals surface area contributed by atoms with E-state index in [1.54, 1.807) is 10.9 Å². The molecule has 1 rings (SSSR count). The predicted molar refractivity (Wildman–Crippen MR) is 53.2 cm³/mol. The third-order valence-electron chi connectivity index (χ3n) is 1.96. The Morgan fingerprint density at radius 2 is 2.46 bits per heavy atom. The van der Waals surface area contributed by atoms with E-state index in [0.29, 0.717) is 0 Å². The Balaban J connectivity index is 2.62. The number of hydrogen-bond acceptors (Lipinski definition) is 3. The zero-order chi connectivity index (χ0) is 9.68. The molecular formula is C9H16N4. The van der Waals surface area contributed by atoms with E-state index in [0.717, 1.165) is 18.7 Å². The first-order chi connectivity index (χ1) is 6.25. The van der Waals surface area contributed by atoms with Crippen molar-refractivity contribution in [2.45, 2.75) is 13.3 Å². The molecule has 0 fully saturated rings. The normalized spacial score (nSPS) is 12.1. The van der Waals surface area contributed by atoms with Gasteiger partial charge in [0.05, 0.1) is 11.9 Å². The van der Waals surface area contributed by atoms with Crippen molar-refractivity contribution in [2.24, 2.45) is 7.05 Å². The van der Waals surface area contributed by atoms with Crippen LogP contribution in [0, 0.1) is 0 Å². The highest BCUT2D eigenvalue weighted by Gasteiger charge is 2.00. The Morgan fingerprint density at radius 3 is 3.00 bits per heavy atom. The predicted octanol–water partition coefficient (Wildman–Crippen LogP) is 0.828. The van der Waals surface area contributed by atoms with Gasteiger partial charge in [-0.15, -0.1) is 5.10 Å². The molecule has 1 N–H and O–H groups in total. The van der Waals surface area contributed by atoms with Gasteiger partial charge in [0.25, 0.3) is 0 Å². The minimum atomic E-state index is 1.00. The standard InChI is InChI=1S/C9H16N4/c1-8(5-4-6-10-2)9-7-11-12-13(9)3/h5,7,10H,4,6H2,1-3H3/b8-5-. The second-order valence-corrected chi connectivity index (χ2v) is 3.02. The van der Waals surface area contributed by atoms with Crippen molar-refractivity contribution >= 4 is 5.57 Å². The topological polar surface area (TPSA) is 42.7 Å². The summed E-state index contributed by atoms with van der Waals surface area (Å²) in [7, 11) is 3.85. The van der Waals surface area contributed by atoms with Gasteiger partial charge in [0, 0.05) is 7.05 Å². The molecule has 1 aromatic rings. The molecule has 0 unspecified atom stereocenters. The lowest BCUT2D eigenvalue weighted by Crippen LogP contribution is -2.06. The zero-order valence-corrected chi connectivity index (χ0v) is 8.41. The van der Waals surface area contributed by atoms with Crippen LogP contribution in [0.4, 0.5) is 0 Å². The van der Waals surface area contributed by atoms with E-state index in [4.69, 9.17) is 0 Å². The molecule has 0 radical (unpaired) electrons. The van der Waals surface area contributed by atoms with Crippen LogP contribution in [0.2, 0.25) is 0 Å². The monoisotopic (exact) mass is 180 g/mol. The summed E-state index contributed by atoms with van der Waals surface area (Å²) in [5, 5.41) is 10.8. The number of aromatic nitrogens is 3. The second-order valence-electron chi connectivity index (χ2n) is 3.02. The number of nitrogens with one attached hydrogen (secondary N) is 1. The summed E-state index contributed by atoms with van der Waals surface area (Å²) in [5.74, 6) is 0. The van der Waals surface area contributed by atoms with Crippen molar-refractivity contribution in [3.8, 4) is 0 Å². The molecule has 0 saturated carbocycles. The van der Waals surface area contributed by atoms with E-state index < -0.39 is 0 Å². The number of hydrogen-bond donors (Lipinski definition) is 1. The van der Waals surface area contributed by atoms with E-state index in [9.17, 15) is 0 Å². The largest absolute Gasteiger partial charge is 0.319 e. The molecule has 1 aromatic heterocycles. The highest BCUT2D eigenvalue weighted by Crippen LogP contribution is 2.10. The minimum Gasteiger partial charge on any atom is -0.319 e. The Labute approximate surface area is 78.6 Å². The number of allylic oxidation sites excluding steroid dienone is 1. The van der Waals surface area contributed by atoms with Crippen LogP contribution in [0.5, 0.6) is 0 Å². The third-order valence-corrected chi connectivity index (χ3v) is 1.96. The molecule has 0 amide bonds. The maximum absolute atomic E-state index is 3.88. The lowest BCUT2D eigenvalue weighted by Gasteiger charge is -2.00. The van der Waals surface area contributed by atoms with E-state index in [1.165, 1.54) is 5.57 Å². The number of rotatable bonds is 4. The molecule has 0 aliphatic rings. The van der Waals surface area contributed by atoms with Gasteiger partial charge in [0.1, 0.15) is 0 Å². The smallest absolute Gasteiger partial charge is 0.0835 e. The number of aryl methyl sites for hydroxylation is 1. The van der Waals surface area contributed by atoms with E-state index in [-0.39, 0.29) is 0 Å².